The molecule has 0 spiro atoms. The average molecular weight is 1720 g/mol. The number of methoxy groups -OCH3 is 3. The van der Waals surface area contributed by atoms with E-state index in [9.17, 15) is 56.0 Å². The van der Waals surface area contributed by atoms with Crippen LogP contribution in [0.4, 0.5) is 37.7 Å². The van der Waals surface area contributed by atoms with Crippen molar-refractivity contribution in [2.24, 2.45) is 121 Å². The van der Waals surface area contributed by atoms with Crippen molar-refractivity contribution >= 4 is 82.2 Å². The number of hydrogen-bond donors (Lipinski definition) is 6. The van der Waals surface area contributed by atoms with E-state index in [2.05, 4.69) is 73.6 Å². The smallest absolute Gasteiger partial charge is 0.161 e. The Morgan fingerprint density at radius 2 is 0.780 bits per heavy atom. The first-order valence-electron chi connectivity index (χ1n) is 42.1. The van der Waals surface area contributed by atoms with Crippen molar-refractivity contribution in [3.05, 3.63) is 71.3 Å². The van der Waals surface area contributed by atoms with Gasteiger partial charge in [-0.3, -0.25) is 14.4 Å². The van der Waals surface area contributed by atoms with Gasteiger partial charge in [0.15, 0.2) is 46.5 Å². The van der Waals surface area contributed by atoms with Gasteiger partial charge in [0.2, 0.25) is 0 Å². The third kappa shape index (κ3) is 17.1. The van der Waals surface area contributed by atoms with E-state index in [0.717, 1.165) is 197 Å². The summed E-state index contributed by atoms with van der Waals surface area (Å²) in [6.07, 6.45) is 28.3. The predicted octanol–water partition coefficient (Wildman–Crippen LogP) is 17.8. The molecule has 27 heteroatoms. The minimum atomic E-state index is -0.962. The van der Waals surface area contributed by atoms with E-state index in [1.54, 1.807) is 0 Å². The number of ether oxygens (including phenoxy) is 3. The highest BCUT2D eigenvalue weighted by molar-refractivity contribution is 9.09. The number of hydrazine groups is 2. The maximum absolute atomic E-state index is 13.9. The monoisotopic (exact) mass is 1720 g/mol. The molecule has 24 atom stereocenters. The highest BCUT2D eigenvalue weighted by atomic mass is 79.9. The molecule has 0 amide bonds. The van der Waals surface area contributed by atoms with Gasteiger partial charge in [-0.2, -0.15) is 22.7 Å². The molecule has 0 unspecified atom stereocenters. The molecule has 12 fully saturated rings. The Hall–Kier alpha value is -5.02. The average Bonchev–Trinajstić information content (AvgIpc) is 1.40. The Morgan fingerprint density at radius 1 is 0.449 bits per heavy atom. The zero-order valence-corrected chi connectivity index (χ0v) is 69.2. The molecule has 12 saturated carbocycles. The molecule has 0 bridgehead atoms. The maximum Gasteiger partial charge on any atom is 0.161 e. The van der Waals surface area contributed by atoms with Crippen LogP contribution in [-0.2, 0) is 41.7 Å². The number of hydrogen-bond acceptors (Lipinski definition) is 16. The number of aromatic nitrogens is 6. The molecule has 18 nitrogen and oxygen atoms in total. The van der Waals surface area contributed by atoms with Gasteiger partial charge in [-0.05, 0) is 298 Å². The Balaban J connectivity index is 0.000000172. The second kappa shape index (κ2) is 36.7. The van der Waals surface area contributed by atoms with E-state index in [1.807, 2.05) is 42.1 Å². The molecule has 6 N–H and O–H groups in total. The van der Waals surface area contributed by atoms with Gasteiger partial charge in [-0.25, -0.2) is 31.0 Å². The maximum atomic E-state index is 13.9. The molecule has 1 aliphatic heterocycles. The van der Waals surface area contributed by atoms with Crippen LogP contribution in [0.3, 0.4) is 0 Å². The minimum Gasteiger partial charge on any atom is -0.390 e. The number of alkyl halides is 1. The highest BCUT2D eigenvalue weighted by Crippen LogP contribution is 2.72. The number of ketones is 3. The summed E-state index contributed by atoms with van der Waals surface area (Å²) in [7, 11) is 10.5. The third-order valence-electron chi connectivity index (χ3n) is 33.6. The molecule has 18 rings (SSSR count). The van der Waals surface area contributed by atoms with Crippen LogP contribution in [-0.4, -0.2) is 141 Å². The van der Waals surface area contributed by atoms with Crippen LogP contribution in [0.15, 0.2) is 36.4 Å². The topological polar surface area (TPSA) is 237 Å². The van der Waals surface area contributed by atoms with Crippen LogP contribution in [0.5, 0.6) is 0 Å². The second-order valence-corrected chi connectivity index (χ2v) is 39.8. The largest absolute Gasteiger partial charge is 0.390 e. The lowest BCUT2D eigenvalue weighted by atomic mass is 9.43. The van der Waals surface area contributed by atoms with Crippen molar-refractivity contribution in [1.29, 1.82) is 0 Å². The number of nitrogens with zero attached hydrogens (tertiary/aromatic N) is 6. The molecule has 658 valence electrons. The van der Waals surface area contributed by atoms with Crippen molar-refractivity contribution in [3.63, 3.8) is 0 Å². The van der Waals surface area contributed by atoms with E-state index < -0.39 is 51.7 Å². The van der Waals surface area contributed by atoms with Crippen molar-refractivity contribution in [2.75, 3.05) is 57.3 Å². The van der Waals surface area contributed by atoms with E-state index >= 15 is 0 Å². The van der Waals surface area contributed by atoms with Crippen molar-refractivity contribution in [2.45, 2.75) is 275 Å². The van der Waals surface area contributed by atoms with Crippen LogP contribution in [0.2, 0.25) is 0 Å². The van der Waals surface area contributed by atoms with Gasteiger partial charge >= 0.3 is 0 Å². The highest BCUT2D eigenvalue weighted by Gasteiger charge is 2.67. The van der Waals surface area contributed by atoms with Gasteiger partial charge in [0, 0.05) is 75.5 Å². The van der Waals surface area contributed by atoms with Gasteiger partial charge in [0.1, 0.15) is 35.4 Å². The fraction of sp³-hybridized carbons (Fsp3) is 0.769. The first-order chi connectivity index (χ1) is 54.2. The summed E-state index contributed by atoms with van der Waals surface area (Å²) in [5.41, 5.74) is 8.78. The van der Waals surface area contributed by atoms with E-state index in [4.69, 9.17) is 21.9 Å². The number of fused-ring (bicyclic) bond motifs is 18. The van der Waals surface area contributed by atoms with Gasteiger partial charge < -0.3 is 40.4 Å². The molecule has 3 heterocycles. The van der Waals surface area contributed by atoms with Crippen molar-refractivity contribution < 1.29 is 70.3 Å². The quantitative estimate of drug-likeness (QED) is 0.0344. The van der Waals surface area contributed by atoms with E-state index in [0.29, 0.717) is 93.1 Å². The van der Waals surface area contributed by atoms with Crippen LogP contribution < -0.4 is 16.4 Å². The first kappa shape index (κ1) is 95.2. The lowest BCUT2D eigenvalue weighted by Crippen LogP contribution is -2.58. The molecule has 2 radical (unpaired) electrons. The molecular weight excluding hydrogens is 1580 g/mol. The van der Waals surface area contributed by atoms with Gasteiger partial charge in [-0.1, -0.05) is 79.4 Å². The zero-order chi connectivity index (χ0) is 81.6. The standard InChI is InChI=1S/2C29H39F2N3O3.C23H37BrO3.C6H5F2N3.4CH4.B2H3/c1-27(36)10-11-29(16-37-3)17(14-27)4-5-18-19-6-7-21(28(19,2)9-8-20(18)29)26(35)15-34-25-13-23(31)22(30)12-24(25)32-33-34;1-27(36)10-11-29(16-37-3)17(14-27)4-5-18-19-6-7-21(28(19,2)9-8-20(18)29)26(35)15-34-32-24-12-22(30)23(31)13-25(24)33-34;1-21(26)10-11-23(14-27-3)15(12-21)4-5-16-17-6-7-19(20(25)13-24)22(17,2)9-8-18(16)23;7-3-1-5-6(2-4(3)8)10-11-9-5;;;;;1-2/h2*12-13,17-21,36H,4-11,14-16H2,1-3H3;15-19,26H,4-14H2,1-3H3;1-2,9-11H;4*1H4;1H3/q;;;;;;;;-1/t2*17-,18-,19-,20-,21+,27+,28-,29+;15-,16+,17+,18+,19-,21-,22+,23-;;;;;;/m001....../s1. The summed E-state index contributed by atoms with van der Waals surface area (Å²) in [5, 5.41) is 49.4. The molecule has 13 aliphatic rings. The molecule has 2 aromatic heterocycles. The number of Topliss-reactive ketones (excluding diaryl/α,β-unsaturated/α-hetero) is 3. The fourth-order valence-electron chi connectivity index (χ4n) is 28.6. The van der Waals surface area contributed by atoms with Crippen LogP contribution in [0, 0.1) is 156 Å². The lowest BCUT2D eigenvalue weighted by molar-refractivity contribution is -0.175. The number of aliphatic hydroxyl groups is 3. The summed E-state index contributed by atoms with van der Waals surface area (Å²) in [5.74, 6) is 2.29. The summed E-state index contributed by atoms with van der Waals surface area (Å²) in [6, 6.07) is 6.34. The van der Waals surface area contributed by atoms with E-state index in [1.165, 1.54) is 48.0 Å². The fourth-order valence-corrected chi connectivity index (χ4v) is 29.0. The lowest BCUT2D eigenvalue weighted by Gasteiger charge is -2.62. The van der Waals surface area contributed by atoms with Crippen LogP contribution in [0.25, 0.3) is 22.1 Å². The zero-order valence-electron chi connectivity index (χ0n) is 67.7. The predicted molar refractivity (Wildman–Crippen MR) is 459 cm³/mol. The van der Waals surface area contributed by atoms with Gasteiger partial charge in [0.25, 0.3) is 0 Å². The number of nitrogens with one attached hydrogen (secondary N) is 3. The van der Waals surface area contributed by atoms with Gasteiger partial charge in [-0.15, -0.1) is 10.6 Å². The van der Waals surface area contributed by atoms with E-state index in [-0.39, 0.29) is 129 Å². The SMILES string of the molecule is C.C.C.C.COC[C@]12CC[C@@](C)(O)C[C@@H]1CC[C@H]1[C@@H]3CC[C@H](C(=O)Cn4nc5cc(F)c(F)cc5n4)[C@@]3(C)CC[C@@H]12.COC[C@]12CC[C@@](C)(O)C[C@@H]1CC[C@H]1[C@@H]3CC[C@H](C(=O)Cn4nnc5cc(F)c(F)cc54)[C@@]3(C)CC[C@@H]12.COC[C@]12CC[C@@](C)(O)C[C@H]1CC[C@H]1[C@@H]3CC[C@H](C(=O)CBr)[C@@]3(C)CC[C@@H]12.Fc1cc2c(cc1F)NNN2.[B][BH3-]. The van der Waals surface area contributed by atoms with Crippen molar-refractivity contribution in [3.8, 4) is 0 Å². The second-order valence-electron chi connectivity index (χ2n) is 39.3. The Kier molecular flexibility index (Phi) is 29.6. The summed E-state index contributed by atoms with van der Waals surface area (Å²) in [6.45, 7) is 15.5. The minimum absolute atomic E-state index is 0. The Bertz CT molecular complexity index is 4270. The molecule has 0 saturated heterocycles. The van der Waals surface area contributed by atoms with Crippen LogP contribution >= 0.6 is 15.9 Å². The normalized spacial score (nSPS) is 39.1. The number of rotatable bonds is 14. The summed E-state index contributed by atoms with van der Waals surface area (Å²) < 4.78 is 98.7. The summed E-state index contributed by atoms with van der Waals surface area (Å²) in [4.78, 5) is 41.2. The molecular formula is C91H139B2BrF6N9O9-. The molecule has 118 heavy (non-hydrogen) atoms. The molecule has 5 aromatic rings. The van der Waals surface area contributed by atoms with Crippen molar-refractivity contribution in [1.82, 2.24) is 35.5 Å². The Morgan fingerprint density at radius 3 is 1.14 bits per heavy atom. The number of halogens is 7. The van der Waals surface area contributed by atoms with Crippen LogP contribution in [0.1, 0.15) is 245 Å². The number of carbonyl (C=O) groups excluding carboxylic acids is 3. The number of benzene rings is 3. The number of anilines is 2. The summed E-state index contributed by atoms with van der Waals surface area (Å²) >= 11 is 3.43. The molecule has 3 aromatic carbocycles. The Labute approximate surface area is 708 Å². The van der Waals surface area contributed by atoms with Gasteiger partial charge in [0.05, 0.1) is 58.8 Å². The first-order valence-corrected chi connectivity index (χ1v) is 43.2. The number of carbonyl (C=O) groups is 3. The molecule has 12 aliphatic carbocycles. The third-order valence-corrected chi connectivity index (χ3v) is 34.1.